The van der Waals surface area contributed by atoms with Gasteiger partial charge in [-0.15, -0.1) is 0 Å². The maximum atomic E-state index is 13.2. The van der Waals surface area contributed by atoms with E-state index < -0.39 is 15.4 Å². The van der Waals surface area contributed by atoms with Gasteiger partial charge in [-0.25, -0.2) is 12.7 Å². The molecule has 0 unspecified atom stereocenters. The van der Waals surface area contributed by atoms with Crippen LogP contribution in [0.3, 0.4) is 0 Å². The number of sulfonamides is 1. The van der Waals surface area contributed by atoms with E-state index in [9.17, 15) is 13.2 Å². The van der Waals surface area contributed by atoms with Gasteiger partial charge in [0.25, 0.3) is 0 Å². The van der Waals surface area contributed by atoms with Crippen LogP contribution in [0.2, 0.25) is 0 Å². The molecule has 0 saturated carbocycles. The first-order valence-corrected chi connectivity index (χ1v) is 10.8. The number of nitrogens with one attached hydrogen (secondary N) is 1. The molecule has 1 N–H and O–H groups in total. The average molecular weight is 388 g/mol. The summed E-state index contributed by atoms with van der Waals surface area (Å²) < 4.78 is 25.9. The number of carbonyl (C=O) groups is 1. The summed E-state index contributed by atoms with van der Waals surface area (Å²) in [7, 11) is -3.24. The largest absolute Gasteiger partial charge is 0.351 e. The second kappa shape index (κ2) is 8.19. The molecule has 144 valence electrons. The maximum Gasteiger partial charge on any atom is 0.231 e. The van der Waals surface area contributed by atoms with E-state index in [1.807, 2.05) is 42.5 Å². The lowest BCUT2D eigenvalue weighted by molar-refractivity contribution is -0.128. The van der Waals surface area contributed by atoms with Gasteiger partial charge in [-0.05, 0) is 43.0 Å². The van der Waals surface area contributed by atoms with Crippen LogP contribution in [0.5, 0.6) is 0 Å². The average Bonchev–Trinajstić information content (AvgIpc) is 2.73. The fourth-order valence-corrected chi connectivity index (χ4v) is 4.69. The van der Waals surface area contributed by atoms with Crippen molar-refractivity contribution in [2.24, 2.45) is 0 Å². The molecule has 1 fully saturated rings. The summed E-state index contributed by atoms with van der Waals surface area (Å²) in [5, 5.41) is 3.04. The number of rotatable bonds is 6. The molecule has 1 aromatic heterocycles. The predicted molar refractivity (Wildman–Crippen MR) is 104 cm³/mol. The zero-order valence-corrected chi connectivity index (χ0v) is 16.3. The van der Waals surface area contributed by atoms with Gasteiger partial charge in [0.1, 0.15) is 0 Å². The summed E-state index contributed by atoms with van der Waals surface area (Å²) >= 11 is 0. The Kier molecular flexibility index (Phi) is 5.92. The standard InChI is InChI=1S/C20H25N3O3S/c1-2-27(25,26)23-14-10-20(11-15-23,18-6-4-3-5-7-18)19(24)22-16-17-8-12-21-13-9-17/h3-9,12-13H,2,10-11,14-16H2,1H3,(H,22,24). The monoisotopic (exact) mass is 387 g/mol. The van der Waals surface area contributed by atoms with Gasteiger partial charge in [0.2, 0.25) is 15.9 Å². The van der Waals surface area contributed by atoms with Gasteiger partial charge < -0.3 is 5.32 Å². The molecule has 2 heterocycles. The van der Waals surface area contributed by atoms with Crippen LogP contribution < -0.4 is 5.32 Å². The first-order valence-electron chi connectivity index (χ1n) is 9.18. The minimum Gasteiger partial charge on any atom is -0.351 e. The number of hydrogen-bond acceptors (Lipinski definition) is 4. The summed E-state index contributed by atoms with van der Waals surface area (Å²) in [6, 6.07) is 13.4. The summed E-state index contributed by atoms with van der Waals surface area (Å²) in [5.41, 5.74) is 1.20. The van der Waals surface area contributed by atoms with E-state index >= 15 is 0 Å². The van der Waals surface area contributed by atoms with Crippen LogP contribution in [0, 0.1) is 0 Å². The lowest BCUT2D eigenvalue weighted by Crippen LogP contribution is -2.52. The van der Waals surface area contributed by atoms with Gasteiger partial charge in [-0.1, -0.05) is 30.3 Å². The number of pyridine rings is 1. The SMILES string of the molecule is CCS(=O)(=O)N1CCC(C(=O)NCc2ccncc2)(c2ccccc2)CC1. The molecule has 6 nitrogen and oxygen atoms in total. The number of aromatic nitrogens is 1. The number of benzene rings is 1. The Hall–Kier alpha value is -2.25. The van der Waals surface area contributed by atoms with Gasteiger partial charge in [0.15, 0.2) is 0 Å². The molecule has 1 amide bonds. The van der Waals surface area contributed by atoms with Crippen molar-refractivity contribution in [2.45, 2.75) is 31.7 Å². The second-order valence-electron chi connectivity index (χ2n) is 6.79. The molecule has 0 spiro atoms. The van der Waals surface area contributed by atoms with Crippen molar-refractivity contribution in [1.29, 1.82) is 0 Å². The fourth-order valence-electron chi connectivity index (χ4n) is 3.58. The Morgan fingerprint density at radius 2 is 1.74 bits per heavy atom. The van der Waals surface area contributed by atoms with Crippen molar-refractivity contribution in [2.75, 3.05) is 18.8 Å². The van der Waals surface area contributed by atoms with E-state index in [1.165, 1.54) is 4.31 Å². The molecule has 1 saturated heterocycles. The number of amides is 1. The summed E-state index contributed by atoms with van der Waals surface area (Å²) in [6.07, 6.45) is 4.34. The first-order chi connectivity index (χ1) is 13.0. The minimum absolute atomic E-state index is 0.0564. The Morgan fingerprint density at radius 3 is 2.33 bits per heavy atom. The number of nitrogens with zero attached hydrogens (tertiary/aromatic N) is 2. The van der Waals surface area contributed by atoms with Crippen molar-refractivity contribution in [3.8, 4) is 0 Å². The molecule has 1 aliphatic rings. The van der Waals surface area contributed by atoms with Crippen LogP contribution in [-0.2, 0) is 26.8 Å². The second-order valence-corrected chi connectivity index (χ2v) is 9.04. The molecule has 2 aromatic rings. The summed E-state index contributed by atoms with van der Waals surface area (Å²) in [5.74, 6) is 0.0265. The van der Waals surface area contributed by atoms with E-state index in [0.29, 0.717) is 32.5 Å². The van der Waals surface area contributed by atoms with Crippen molar-refractivity contribution in [3.05, 3.63) is 66.0 Å². The van der Waals surface area contributed by atoms with Crippen LogP contribution in [0.1, 0.15) is 30.9 Å². The van der Waals surface area contributed by atoms with Crippen molar-refractivity contribution < 1.29 is 13.2 Å². The molecular weight excluding hydrogens is 362 g/mol. The van der Waals surface area contributed by atoms with Gasteiger partial charge in [-0.2, -0.15) is 0 Å². The molecule has 1 aliphatic heterocycles. The highest BCUT2D eigenvalue weighted by atomic mass is 32.2. The molecular formula is C20H25N3O3S. The fraction of sp³-hybridized carbons (Fsp3) is 0.400. The number of piperidine rings is 1. The molecule has 1 aromatic carbocycles. The van der Waals surface area contributed by atoms with Crippen molar-refractivity contribution in [3.63, 3.8) is 0 Å². The van der Waals surface area contributed by atoms with Crippen LogP contribution in [-0.4, -0.2) is 42.5 Å². The maximum absolute atomic E-state index is 13.2. The van der Waals surface area contributed by atoms with E-state index in [1.54, 1.807) is 19.3 Å². The highest BCUT2D eigenvalue weighted by molar-refractivity contribution is 7.89. The topological polar surface area (TPSA) is 79.4 Å². The quantitative estimate of drug-likeness (QED) is 0.823. The van der Waals surface area contributed by atoms with E-state index in [0.717, 1.165) is 11.1 Å². The molecule has 3 rings (SSSR count). The van der Waals surface area contributed by atoms with Crippen LogP contribution >= 0.6 is 0 Å². The number of carbonyl (C=O) groups excluding carboxylic acids is 1. The molecule has 0 atom stereocenters. The Morgan fingerprint density at radius 1 is 1.11 bits per heavy atom. The van der Waals surface area contributed by atoms with Gasteiger partial charge in [0, 0.05) is 32.0 Å². The van der Waals surface area contributed by atoms with E-state index in [-0.39, 0.29) is 11.7 Å². The lowest BCUT2D eigenvalue weighted by atomic mass is 9.72. The van der Waals surface area contributed by atoms with Gasteiger partial charge >= 0.3 is 0 Å². The van der Waals surface area contributed by atoms with Crippen LogP contribution in [0.15, 0.2) is 54.9 Å². The third-order valence-corrected chi connectivity index (χ3v) is 7.18. The summed E-state index contributed by atoms with van der Waals surface area (Å²) in [4.78, 5) is 17.2. The zero-order chi connectivity index (χ0) is 19.3. The summed E-state index contributed by atoms with van der Waals surface area (Å²) in [6.45, 7) is 2.78. The van der Waals surface area contributed by atoms with Crippen LogP contribution in [0.4, 0.5) is 0 Å². The smallest absolute Gasteiger partial charge is 0.231 e. The van der Waals surface area contributed by atoms with E-state index in [2.05, 4.69) is 10.3 Å². The predicted octanol–water partition coefficient (Wildman–Crippen LogP) is 2.08. The highest BCUT2D eigenvalue weighted by Gasteiger charge is 2.44. The Labute approximate surface area is 160 Å². The van der Waals surface area contributed by atoms with Crippen molar-refractivity contribution in [1.82, 2.24) is 14.6 Å². The van der Waals surface area contributed by atoms with Crippen LogP contribution in [0.25, 0.3) is 0 Å². The molecule has 0 aliphatic carbocycles. The minimum atomic E-state index is -3.24. The third kappa shape index (κ3) is 4.20. The normalized spacial score (nSPS) is 17.4. The van der Waals surface area contributed by atoms with E-state index in [4.69, 9.17) is 0 Å². The van der Waals surface area contributed by atoms with Gasteiger partial charge in [0.05, 0.1) is 11.2 Å². The molecule has 7 heteroatoms. The van der Waals surface area contributed by atoms with Gasteiger partial charge in [-0.3, -0.25) is 9.78 Å². The first kappa shape index (κ1) is 19.5. The Balaban J connectivity index is 1.81. The molecule has 0 bridgehead atoms. The lowest BCUT2D eigenvalue weighted by Gasteiger charge is -2.40. The number of hydrogen-bond donors (Lipinski definition) is 1. The molecule has 27 heavy (non-hydrogen) atoms. The third-order valence-electron chi connectivity index (χ3n) is 5.30. The zero-order valence-electron chi connectivity index (χ0n) is 15.5. The molecule has 0 radical (unpaired) electrons. The Bertz CT molecular complexity index is 862. The highest BCUT2D eigenvalue weighted by Crippen LogP contribution is 2.36. The van der Waals surface area contributed by atoms with Crippen molar-refractivity contribution >= 4 is 15.9 Å².